The number of carboxylic acids is 1. The molecule has 0 radical (unpaired) electrons. The van der Waals surface area contributed by atoms with Crippen molar-refractivity contribution in [3.63, 3.8) is 0 Å². The van der Waals surface area contributed by atoms with Crippen molar-refractivity contribution >= 4 is 33.3 Å². The number of benzene rings is 1. The molecule has 2 aromatic rings. The minimum atomic E-state index is -0.788. The highest BCUT2D eigenvalue weighted by Gasteiger charge is 2.40. The molecule has 26 heavy (non-hydrogen) atoms. The van der Waals surface area contributed by atoms with Crippen molar-refractivity contribution < 1.29 is 23.8 Å². The van der Waals surface area contributed by atoms with Gasteiger partial charge in [0.25, 0.3) is 5.91 Å². The molecule has 1 aromatic heterocycles. The predicted octanol–water partition coefficient (Wildman–Crippen LogP) is 3.38. The molecule has 138 valence electrons. The van der Waals surface area contributed by atoms with Crippen LogP contribution in [0, 0.1) is 17.7 Å². The molecule has 7 heteroatoms. The third kappa shape index (κ3) is 3.21. The first-order valence-corrected chi connectivity index (χ1v) is 9.67. The molecular weight excluding hydrogens is 357 g/mol. The topological polar surface area (TPSA) is 66.8 Å². The first-order chi connectivity index (χ1) is 12.5. The highest BCUT2D eigenvalue weighted by atomic mass is 32.1. The van der Waals surface area contributed by atoms with Crippen LogP contribution in [0.2, 0.25) is 0 Å². The molecule has 2 aliphatic heterocycles. The minimum absolute atomic E-state index is 0.0350. The van der Waals surface area contributed by atoms with E-state index in [2.05, 4.69) is 0 Å². The van der Waals surface area contributed by atoms with Crippen LogP contribution in [0.5, 0.6) is 0 Å². The maximum atomic E-state index is 13.3. The molecule has 0 saturated carbocycles. The van der Waals surface area contributed by atoms with Gasteiger partial charge in [-0.3, -0.25) is 9.59 Å². The van der Waals surface area contributed by atoms with Crippen LogP contribution >= 0.6 is 11.3 Å². The van der Waals surface area contributed by atoms with E-state index in [1.165, 1.54) is 23.5 Å². The van der Waals surface area contributed by atoms with Gasteiger partial charge in [0, 0.05) is 24.4 Å². The van der Waals surface area contributed by atoms with Crippen LogP contribution in [-0.4, -0.2) is 47.7 Å². The molecule has 0 bridgehead atoms. The monoisotopic (exact) mass is 377 g/mol. The van der Waals surface area contributed by atoms with Gasteiger partial charge in [-0.25, -0.2) is 4.39 Å². The lowest BCUT2D eigenvalue weighted by Gasteiger charge is -2.35. The molecule has 1 amide bonds. The number of aliphatic carboxylic acids is 1. The Hall–Kier alpha value is -1.99. The van der Waals surface area contributed by atoms with Crippen LogP contribution in [0.4, 0.5) is 4.39 Å². The summed E-state index contributed by atoms with van der Waals surface area (Å²) in [6, 6.07) is 6.29. The van der Waals surface area contributed by atoms with E-state index in [0.717, 1.165) is 22.9 Å². The van der Waals surface area contributed by atoms with Crippen molar-refractivity contribution in [1.29, 1.82) is 0 Å². The Morgan fingerprint density at radius 3 is 2.69 bits per heavy atom. The SMILES string of the molecule is O=C(O)C1CCO[C@H]1C1CCN(C(=O)c2cc3cc(F)ccc3s2)CC1. The first-order valence-electron chi connectivity index (χ1n) is 8.85. The van der Waals surface area contributed by atoms with Crippen LogP contribution in [-0.2, 0) is 9.53 Å². The maximum Gasteiger partial charge on any atom is 0.309 e. The molecule has 2 aliphatic rings. The van der Waals surface area contributed by atoms with Gasteiger partial charge in [0.15, 0.2) is 0 Å². The number of carbonyl (C=O) groups is 2. The average molecular weight is 377 g/mol. The number of piperidine rings is 1. The fourth-order valence-corrected chi connectivity index (χ4v) is 5.06. The lowest BCUT2D eigenvalue weighted by Crippen LogP contribution is -2.43. The van der Waals surface area contributed by atoms with Gasteiger partial charge >= 0.3 is 5.97 Å². The number of thiophene rings is 1. The number of nitrogens with zero attached hydrogens (tertiary/aromatic N) is 1. The van der Waals surface area contributed by atoms with Gasteiger partial charge in [0.2, 0.25) is 0 Å². The van der Waals surface area contributed by atoms with Crippen molar-refractivity contribution in [3.05, 3.63) is 35.0 Å². The van der Waals surface area contributed by atoms with Crippen molar-refractivity contribution in [2.24, 2.45) is 11.8 Å². The van der Waals surface area contributed by atoms with Gasteiger partial charge in [-0.15, -0.1) is 11.3 Å². The highest BCUT2D eigenvalue weighted by molar-refractivity contribution is 7.20. The van der Waals surface area contributed by atoms with Crippen LogP contribution in [0.15, 0.2) is 24.3 Å². The normalized spacial score (nSPS) is 24.3. The molecular formula is C19H20FNO4S. The van der Waals surface area contributed by atoms with Gasteiger partial charge < -0.3 is 14.7 Å². The van der Waals surface area contributed by atoms with Crippen molar-refractivity contribution in [2.45, 2.75) is 25.4 Å². The number of fused-ring (bicyclic) bond motifs is 1. The Kier molecular flexibility index (Phi) is 4.67. The average Bonchev–Trinajstić information content (AvgIpc) is 3.28. The fraction of sp³-hybridized carbons (Fsp3) is 0.474. The summed E-state index contributed by atoms with van der Waals surface area (Å²) in [6.45, 7) is 1.69. The lowest BCUT2D eigenvalue weighted by atomic mass is 9.84. The van der Waals surface area contributed by atoms with E-state index in [1.807, 2.05) is 4.90 Å². The van der Waals surface area contributed by atoms with E-state index in [-0.39, 0.29) is 23.7 Å². The second kappa shape index (κ2) is 6.96. The number of ether oxygens (including phenoxy) is 1. The number of hydrogen-bond acceptors (Lipinski definition) is 4. The third-order valence-electron chi connectivity index (χ3n) is 5.43. The molecule has 1 N–H and O–H groups in total. The number of amides is 1. The Morgan fingerprint density at radius 2 is 1.96 bits per heavy atom. The number of rotatable bonds is 3. The summed E-state index contributed by atoms with van der Waals surface area (Å²) in [6.07, 6.45) is 1.83. The number of likely N-dealkylation sites (tertiary alicyclic amines) is 1. The predicted molar refractivity (Wildman–Crippen MR) is 95.9 cm³/mol. The third-order valence-corrected chi connectivity index (χ3v) is 6.54. The van der Waals surface area contributed by atoms with Crippen LogP contribution in [0.3, 0.4) is 0 Å². The number of hydrogen-bond donors (Lipinski definition) is 1. The summed E-state index contributed by atoms with van der Waals surface area (Å²) >= 11 is 1.38. The zero-order chi connectivity index (χ0) is 18.3. The van der Waals surface area contributed by atoms with Crippen LogP contribution in [0.25, 0.3) is 10.1 Å². The Balaban J connectivity index is 1.42. The van der Waals surface area contributed by atoms with E-state index < -0.39 is 11.9 Å². The van der Waals surface area contributed by atoms with E-state index in [9.17, 15) is 19.1 Å². The minimum Gasteiger partial charge on any atom is -0.481 e. The smallest absolute Gasteiger partial charge is 0.309 e. The highest BCUT2D eigenvalue weighted by Crippen LogP contribution is 2.34. The van der Waals surface area contributed by atoms with Crippen LogP contribution in [0.1, 0.15) is 28.9 Å². The number of carboxylic acid groups (broad SMARTS) is 1. The van der Waals surface area contributed by atoms with Gasteiger partial charge in [0.05, 0.1) is 16.9 Å². The Labute approximate surface area is 154 Å². The molecule has 0 aliphatic carbocycles. The second-order valence-electron chi connectivity index (χ2n) is 6.99. The Bertz CT molecular complexity index is 843. The summed E-state index contributed by atoms with van der Waals surface area (Å²) in [4.78, 5) is 26.5. The maximum absolute atomic E-state index is 13.3. The van der Waals surface area contributed by atoms with Crippen molar-refractivity contribution in [1.82, 2.24) is 4.90 Å². The number of carbonyl (C=O) groups excluding carboxylic acids is 1. The zero-order valence-corrected chi connectivity index (χ0v) is 15.0. The summed E-state index contributed by atoms with van der Waals surface area (Å²) in [5.41, 5.74) is 0. The van der Waals surface area contributed by atoms with E-state index in [0.29, 0.717) is 31.0 Å². The van der Waals surface area contributed by atoms with E-state index >= 15 is 0 Å². The van der Waals surface area contributed by atoms with Gasteiger partial charge in [0.1, 0.15) is 5.82 Å². The summed E-state index contributed by atoms with van der Waals surface area (Å²) < 4.78 is 19.9. The molecule has 3 heterocycles. The molecule has 1 unspecified atom stereocenters. The quantitative estimate of drug-likeness (QED) is 0.890. The molecule has 4 rings (SSSR count). The van der Waals surface area contributed by atoms with Gasteiger partial charge in [-0.05, 0) is 54.8 Å². The van der Waals surface area contributed by atoms with Crippen LogP contribution < -0.4 is 0 Å². The second-order valence-corrected chi connectivity index (χ2v) is 8.08. The summed E-state index contributed by atoms with van der Waals surface area (Å²) in [5, 5.41) is 10.1. The standard InChI is InChI=1S/C19H20FNO4S/c20-13-1-2-15-12(9-13)10-16(26-15)18(22)21-6-3-11(4-7-21)17-14(19(23)24)5-8-25-17/h1-2,9-11,14,17H,3-8H2,(H,23,24)/t14?,17-/m0/s1. The van der Waals surface area contributed by atoms with Crippen molar-refractivity contribution in [3.8, 4) is 0 Å². The molecule has 2 saturated heterocycles. The largest absolute Gasteiger partial charge is 0.481 e. The Morgan fingerprint density at radius 1 is 1.19 bits per heavy atom. The van der Waals surface area contributed by atoms with E-state index in [4.69, 9.17) is 4.74 Å². The summed E-state index contributed by atoms with van der Waals surface area (Å²) in [5.74, 6) is -1.38. The molecule has 5 nitrogen and oxygen atoms in total. The van der Waals surface area contributed by atoms with Crippen molar-refractivity contribution in [2.75, 3.05) is 19.7 Å². The fourth-order valence-electron chi connectivity index (χ4n) is 4.05. The molecule has 0 spiro atoms. The molecule has 1 aromatic carbocycles. The zero-order valence-electron chi connectivity index (χ0n) is 14.2. The summed E-state index contributed by atoms with van der Waals surface area (Å²) in [7, 11) is 0. The van der Waals surface area contributed by atoms with E-state index in [1.54, 1.807) is 12.1 Å². The molecule has 2 fully saturated rings. The number of halogens is 1. The first kappa shape index (κ1) is 17.4. The molecule has 2 atom stereocenters. The van der Waals surface area contributed by atoms with Gasteiger partial charge in [-0.1, -0.05) is 0 Å². The lowest BCUT2D eigenvalue weighted by molar-refractivity contribution is -0.145. The van der Waals surface area contributed by atoms with Gasteiger partial charge in [-0.2, -0.15) is 0 Å².